The van der Waals surface area contributed by atoms with Crippen molar-refractivity contribution in [2.24, 2.45) is 0 Å². The third-order valence-electron chi connectivity index (χ3n) is 2.71. The van der Waals surface area contributed by atoms with Gasteiger partial charge in [0, 0.05) is 11.5 Å². The Morgan fingerprint density at radius 3 is 2.79 bits per heavy atom. The predicted molar refractivity (Wildman–Crippen MR) is 79.5 cm³/mol. The molecular formula is C16H18ClFO. The monoisotopic (exact) mass is 280 g/mol. The van der Waals surface area contributed by atoms with Crippen molar-refractivity contribution >= 4 is 11.6 Å². The molecule has 0 aromatic heterocycles. The Bertz CT molecular complexity index is 493. The van der Waals surface area contributed by atoms with Crippen molar-refractivity contribution in [3.8, 4) is 0 Å². The highest BCUT2D eigenvalue weighted by atomic mass is 35.5. The van der Waals surface area contributed by atoms with Crippen LogP contribution < -0.4 is 0 Å². The molecule has 0 aromatic rings. The standard InChI is InChI=1S/C16H18ClFO/c1-4-7-15(19-3)16(14(18)5-2)12-8-6-9-13(17)11-10-12/h4-5,8-11H,1,6-7H2,2-3H3/b14-5+,16-15+. The van der Waals surface area contributed by atoms with E-state index in [2.05, 4.69) is 6.58 Å². The van der Waals surface area contributed by atoms with Crippen LogP contribution in [-0.4, -0.2) is 7.11 Å². The van der Waals surface area contributed by atoms with Crippen LogP contribution in [0.5, 0.6) is 0 Å². The van der Waals surface area contributed by atoms with Crippen molar-refractivity contribution in [3.63, 3.8) is 0 Å². The normalized spacial score (nSPS) is 17.2. The van der Waals surface area contributed by atoms with Gasteiger partial charge in [-0.1, -0.05) is 42.0 Å². The second-order valence-corrected chi connectivity index (χ2v) is 4.39. The topological polar surface area (TPSA) is 9.23 Å². The summed E-state index contributed by atoms with van der Waals surface area (Å²) in [7, 11) is 1.54. The highest BCUT2D eigenvalue weighted by Gasteiger charge is 2.15. The van der Waals surface area contributed by atoms with Gasteiger partial charge in [0.2, 0.25) is 0 Å². The molecule has 102 valence electrons. The quantitative estimate of drug-likeness (QED) is 0.375. The number of methoxy groups -OCH3 is 1. The molecule has 0 N–H and O–H groups in total. The van der Waals surface area contributed by atoms with Crippen molar-refractivity contribution in [1.82, 2.24) is 0 Å². The molecule has 0 aromatic carbocycles. The van der Waals surface area contributed by atoms with Crippen LogP contribution in [0, 0.1) is 0 Å². The largest absolute Gasteiger partial charge is 0.500 e. The Hall–Kier alpha value is -1.54. The first-order valence-electron chi connectivity index (χ1n) is 6.08. The summed E-state index contributed by atoms with van der Waals surface area (Å²) in [5, 5.41) is 0.647. The van der Waals surface area contributed by atoms with E-state index in [0.29, 0.717) is 29.2 Å². The molecular weight excluding hydrogens is 263 g/mol. The maximum absolute atomic E-state index is 14.1. The summed E-state index contributed by atoms with van der Waals surface area (Å²) in [4.78, 5) is 0. The predicted octanol–water partition coefficient (Wildman–Crippen LogP) is 5.35. The van der Waals surface area contributed by atoms with Gasteiger partial charge in [0.25, 0.3) is 0 Å². The van der Waals surface area contributed by atoms with E-state index in [1.165, 1.54) is 13.2 Å². The number of allylic oxidation sites excluding steroid dienone is 10. The lowest BCUT2D eigenvalue weighted by Crippen LogP contribution is -1.98. The van der Waals surface area contributed by atoms with Gasteiger partial charge in [-0.05, 0) is 25.0 Å². The molecule has 0 saturated carbocycles. The Labute approximate surface area is 119 Å². The Morgan fingerprint density at radius 2 is 2.21 bits per heavy atom. The second-order valence-electron chi connectivity index (χ2n) is 3.95. The molecule has 1 nitrogen and oxygen atoms in total. The molecule has 1 aliphatic carbocycles. The van der Waals surface area contributed by atoms with E-state index in [1.54, 1.807) is 25.2 Å². The molecule has 0 aliphatic heterocycles. The van der Waals surface area contributed by atoms with Crippen molar-refractivity contribution in [3.05, 3.63) is 70.8 Å². The first-order chi connectivity index (χ1) is 9.13. The molecule has 0 spiro atoms. The minimum atomic E-state index is -0.312. The highest BCUT2D eigenvalue weighted by molar-refractivity contribution is 6.31. The summed E-state index contributed by atoms with van der Waals surface area (Å²) < 4.78 is 19.4. The molecule has 0 atom stereocenters. The molecule has 0 amide bonds. The third kappa shape index (κ3) is 4.25. The first-order valence-corrected chi connectivity index (χ1v) is 6.46. The zero-order valence-corrected chi connectivity index (χ0v) is 12.0. The van der Waals surface area contributed by atoms with E-state index in [0.717, 1.165) is 5.57 Å². The lowest BCUT2D eigenvalue weighted by molar-refractivity contribution is 0.280. The zero-order valence-electron chi connectivity index (χ0n) is 11.2. The van der Waals surface area contributed by atoms with E-state index in [4.69, 9.17) is 16.3 Å². The maximum atomic E-state index is 14.1. The second kappa shape index (κ2) is 7.80. The molecule has 0 saturated heterocycles. The fraction of sp³-hybridized carbons (Fsp3) is 0.250. The number of ether oxygens (including phenoxy) is 1. The summed E-state index contributed by atoms with van der Waals surface area (Å²) in [6.45, 7) is 5.32. The average Bonchev–Trinajstić information content (AvgIpc) is 2.63. The SMILES string of the molecule is C=CC/C(OC)=C(C1=CCC=C(Cl)C=C1)\C(F)=C/C. The van der Waals surface area contributed by atoms with Crippen molar-refractivity contribution < 1.29 is 9.13 Å². The summed E-state index contributed by atoms with van der Waals surface area (Å²) >= 11 is 5.95. The highest BCUT2D eigenvalue weighted by Crippen LogP contribution is 2.30. The van der Waals surface area contributed by atoms with Crippen LogP contribution >= 0.6 is 11.6 Å². The molecule has 0 radical (unpaired) electrons. The minimum Gasteiger partial charge on any atom is -0.500 e. The molecule has 0 heterocycles. The van der Waals surface area contributed by atoms with Crippen molar-refractivity contribution in [1.29, 1.82) is 0 Å². The number of hydrogen-bond acceptors (Lipinski definition) is 1. The van der Waals surface area contributed by atoms with E-state index < -0.39 is 0 Å². The summed E-state index contributed by atoms with van der Waals surface area (Å²) in [6.07, 6.45) is 11.6. The van der Waals surface area contributed by atoms with Crippen molar-refractivity contribution in [2.75, 3.05) is 7.11 Å². The molecule has 0 fully saturated rings. The molecule has 1 rings (SSSR count). The number of halogens is 2. The van der Waals surface area contributed by atoms with Crippen molar-refractivity contribution in [2.45, 2.75) is 19.8 Å². The average molecular weight is 281 g/mol. The fourth-order valence-electron chi connectivity index (χ4n) is 1.78. The lowest BCUT2D eigenvalue weighted by Gasteiger charge is -2.13. The van der Waals surface area contributed by atoms with Crippen LogP contribution in [-0.2, 0) is 4.74 Å². The van der Waals surface area contributed by atoms with Gasteiger partial charge in [0.05, 0.1) is 12.7 Å². The van der Waals surface area contributed by atoms with Crippen LogP contribution in [0.4, 0.5) is 4.39 Å². The molecule has 0 unspecified atom stereocenters. The van der Waals surface area contributed by atoms with E-state index in [-0.39, 0.29) is 5.83 Å². The van der Waals surface area contributed by atoms with Gasteiger partial charge in [-0.25, -0.2) is 4.39 Å². The molecule has 1 aliphatic rings. The molecule has 3 heteroatoms. The smallest absolute Gasteiger partial charge is 0.130 e. The van der Waals surface area contributed by atoms with Gasteiger partial charge in [0.1, 0.15) is 11.6 Å². The van der Waals surface area contributed by atoms with Gasteiger partial charge < -0.3 is 4.74 Å². The van der Waals surface area contributed by atoms with E-state index in [9.17, 15) is 4.39 Å². The lowest BCUT2D eigenvalue weighted by atomic mass is 10.0. The van der Waals surface area contributed by atoms with Gasteiger partial charge in [-0.15, -0.1) is 6.58 Å². The Kier molecular flexibility index (Phi) is 6.37. The maximum Gasteiger partial charge on any atom is 0.130 e. The van der Waals surface area contributed by atoms with E-state index >= 15 is 0 Å². The zero-order chi connectivity index (χ0) is 14.3. The summed E-state index contributed by atoms with van der Waals surface area (Å²) in [5.41, 5.74) is 1.22. The van der Waals surface area contributed by atoms with Gasteiger partial charge in [-0.2, -0.15) is 0 Å². The van der Waals surface area contributed by atoms with Crippen LogP contribution in [0.2, 0.25) is 0 Å². The minimum absolute atomic E-state index is 0.312. The van der Waals surface area contributed by atoms with Gasteiger partial charge in [0.15, 0.2) is 0 Å². The van der Waals surface area contributed by atoms with Gasteiger partial charge in [-0.3, -0.25) is 0 Å². The Morgan fingerprint density at radius 1 is 1.47 bits per heavy atom. The summed E-state index contributed by atoms with van der Waals surface area (Å²) in [5.74, 6) is 0.243. The number of hydrogen-bond donors (Lipinski definition) is 0. The summed E-state index contributed by atoms with van der Waals surface area (Å²) in [6, 6.07) is 0. The first kappa shape index (κ1) is 15.5. The van der Waals surface area contributed by atoms with Crippen LogP contribution in [0.25, 0.3) is 0 Å². The fourth-order valence-corrected chi connectivity index (χ4v) is 1.94. The Balaban J connectivity index is 3.30. The van der Waals surface area contributed by atoms with Gasteiger partial charge >= 0.3 is 0 Å². The van der Waals surface area contributed by atoms with E-state index in [1.807, 2.05) is 12.2 Å². The number of rotatable bonds is 5. The van der Waals surface area contributed by atoms with Crippen LogP contribution in [0.15, 0.2) is 70.8 Å². The molecule has 19 heavy (non-hydrogen) atoms. The third-order valence-corrected chi connectivity index (χ3v) is 2.99. The van der Waals surface area contributed by atoms with Crippen LogP contribution in [0.1, 0.15) is 19.8 Å². The molecule has 0 bridgehead atoms. The van der Waals surface area contributed by atoms with Crippen LogP contribution in [0.3, 0.4) is 0 Å².